The predicted molar refractivity (Wildman–Crippen MR) is 152 cm³/mol. The molecule has 0 spiro atoms. The van der Waals surface area contributed by atoms with Gasteiger partial charge in [-0.15, -0.1) is 0 Å². The fourth-order valence-electron chi connectivity index (χ4n) is 4.51. The Kier molecular flexibility index (Phi) is 20.3. The second-order valence-corrected chi connectivity index (χ2v) is 13.3. The highest BCUT2D eigenvalue weighted by Gasteiger charge is 2.48. The third kappa shape index (κ3) is 21.4. The van der Waals surface area contributed by atoms with Gasteiger partial charge < -0.3 is 19.4 Å². The van der Waals surface area contributed by atoms with Crippen LogP contribution in [0.1, 0.15) is 129 Å². The van der Waals surface area contributed by atoms with Crippen LogP contribution < -0.4 is 0 Å². The summed E-state index contributed by atoms with van der Waals surface area (Å²) in [6, 6.07) is 0. The Balaban J connectivity index is 3.57. The van der Waals surface area contributed by atoms with Crippen LogP contribution in [0.15, 0.2) is 24.3 Å². The molecule has 0 aromatic carbocycles. The van der Waals surface area contributed by atoms with Gasteiger partial charge in [-0.1, -0.05) is 102 Å². The van der Waals surface area contributed by atoms with Gasteiger partial charge in [0.1, 0.15) is 6.54 Å². The molecule has 0 amide bonds. The van der Waals surface area contributed by atoms with Gasteiger partial charge in [0.25, 0.3) is 0 Å². The summed E-state index contributed by atoms with van der Waals surface area (Å²) in [5.74, 6) is 0. The second kappa shape index (κ2) is 20.6. The molecule has 0 aromatic heterocycles. The van der Waals surface area contributed by atoms with Gasteiger partial charge in [-0.3, -0.25) is 4.57 Å². The Bertz CT molecular complexity index is 594. The molecule has 0 saturated carbocycles. The average Bonchev–Trinajstić information content (AvgIpc) is 2.75. The number of hydrogen-bond donors (Lipinski definition) is 3. The van der Waals surface area contributed by atoms with Crippen LogP contribution >= 0.6 is 7.60 Å². The summed E-state index contributed by atoms with van der Waals surface area (Å²) in [5.41, 5.74) is 0. The topological polar surface area (TPSA) is 77.8 Å². The summed E-state index contributed by atoms with van der Waals surface area (Å²) >= 11 is 0. The molecule has 1 atom stereocenters. The lowest BCUT2D eigenvalue weighted by molar-refractivity contribution is -0.875. The van der Waals surface area contributed by atoms with Crippen LogP contribution in [0.5, 0.6) is 0 Å². The number of aliphatic hydroxyl groups is 1. The number of unbranched alkanes of at least 4 members (excludes halogenated alkanes) is 15. The molecule has 0 aliphatic carbocycles. The number of nitrogens with zero attached hydrogens (tertiary/aromatic N) is 1. The lowest BCUT2D eigenvalue weighted by atomic mass is 10.0. The van der Waals surface area contributed by atoms with E-state index in [2.05, 4.69) is 31.2 Å². The maximum Gasteiger partial charge on any atom is 0.362 e. The molecule has 3 N–H and O–H groups in total. The van der Waals surface area contributed by atoms with Crippen molar-refractivity contribution in [3.05, 3.63) is 24.3 Å². The predicted octanol–water partition coefficient (Wildman–Crippen LogP) is 8.10. The molecule has 6 heteroatoms. The van der Waals surface area contributed by atoms with Gasteiger partial charge in [0.15, 0.2) is 0 Å². The summed E-state index contributed by atoms with van der Waals surface area (Å²) in [5, 5.41) is 8.65. The van der Waals surface area contributed by atoms with Gasteiger partial charge in [0, 0.05) is 0 Å². The van der Waals surface area contributed by atoms with Crippen LogP contribution in [0.4, 0.5) is 0 Å². The van der Waals surface area contributed by atoms with Crippen LogP contribution in [0.25, 0.3) is 0 Å². The molecule has 0 rings (SSSR count). The molecule has 0 aliphatic heterocycles. The molecular formula is C29H59NO4P+. The van der Waals surface area contributed by atoms with Gasteiger partial charge >= 0.3 is 7.60 Å². The van der Waals surface area contributed by atoms with Crippen LogP contribution in [-0.4, -0.2) is 52.4 Å². The third-order valence-electron chi connectivity index (χ3n) is 6.53. The Labute approximate surface area is 217 Å². The first-order valence-electron chi connectivity index (χ1n) is 14.4. The van der Waals surface area contributed by atoms with Crippen molar-refractivity contribution in [2.75, 3.05) is 27.7 Å². The van der Waals surface area contributed by atoms with E-state index in [1.165, 1.54) is 83.5 Å². The van der Waals surface area contributed by atoms with Crippen molar-refractivity contribution in [2.24, 2.45) is 0 Å². The standard InChI is InChI=1S/C29H58NO4P/c1-5-6-7-8-9-10-11-12-13-14-15-16-17-18-19-20-21-22-23-24-25-26-27-29(31,35(32,33)34)28-30(2,3)4/h11-12,15-16,31H,5-10,13-14,17-28H2,1-4H3,(H-,32,33,34)/p+1/b12-11-,16-15-. The molecule has 1 unspecified atom stereocenters. The van der Waals surface area contributed by atoms with Gasteiger partial charge in [-0.25, -0.2) is 0 Å². The molecule has 0 heterocycles. The lowest BCUT2D eigenvalue weighted by Crippen LogP contribution is -2.49. The van der Waals surface area contributed by atoms with Crippen molar-refractivity contribution in [2.45, 2.75) is 134 Å². The summed E-state index contributed by atoms with van der Waals surface area (Å²) < 4.78 is 12.1. The van der Waals surface area contributed by atoms with E-state index in [-0.39, 0.29) is 13.0 Å². The smallest absolute Gasteiger partial charge is 0.362 e. The zero-order valence-corrected chi connectivity index (χ0v) is 24.5. The van der Waals surface area contributed by atoms with Gasteiger partial charge in [-0.2, -0.15) is 0 Å². The van der Waals surface area contributed by atoms with Crippen molar-refractivity contribution in [1.82, 2.24) is 0 Å². The number of rotatable bonds is 24. The van der Waals surface area contributed by atoms with Crippen molar-refractivity contribution >= 4 is 7.60 Å². The molecule has 0 aliphatic rings. The largest absolute Gasteiger partial charge is 0.373 e. The van der Waals surface area contributed by atoms with E-state index in [9.17, 15) is 19.5 Å². The minimum Gasteiger partial charge on any atom is -0.373 e. The number of likely N-dealkylation sites (N-methyl/N-ethyl adjacent to an activating group) is 1. The van der Waals surface area contributed by atoms with Gasteiger partial charge in [-0.05, 0) is 51.4 Å². The van der Waals surface area contributed by atoms with Crippen LogP contribution in [0, 0.1) is 0 Å². The molecule has 0 fully saturated rings. The molecule has 208 valence electrons. The Morgan fingerprint density at radius 2 is 1.00 bits per heavy atom. The van der Waals surface area contributed by atoms with Crippen molar-refractivity contribution in [3.8, 4) is 0 Å². The van der Waals surface area contributed by atoms with E-state index in [1.807, 2.05) is 21.1 Å². The fourth-order valence-corrected chi connectivity index (χ4v) is 5.57. The third-order valence-corrected chi connectivity index (χ3v) is 7.97. The van der Waals surface area contributed by atoms with E-state index in [0.717, 1.165) is 25.7 Å². The minimum absolute atomic E-state index is 0.0583. The molecule has 5 nitrogen and oxygen atoms in total. The lowest BCUT2D eigenvalue weighted by Gasteiger charge is -2.35. The SMILES string of the molecule is CCCCCCC/C=C\CC/C=C\CCCCCCCCCCCC(O)(C[N+](C)(C)C)P(=O)(O)O. The monoisotopic (exact) mass is 516 g/mol. The van der Waals surface area contributed by atoms with Gasteiger partial charge in [0.05, 0.1) is 21.1 Å². The molecule has 0 aromatic rings. The first-order chi connectivity index (χ1) is 16.5. The van der Waals surface area contributed by atoms with E-state index in [4.69, 9.17) is 0 Å². The number of allylic oxidation sites excluding steroid dienone is 4. The summed E-state index contributed by atoms with van der Waals surface area (Å²) in [6.07, 6.45) is 31.2. The number of quaternary nitrogens is 1. The first kappa shape index (κ1) is 34.6. The summed E-state index contributed by atoms with van der Waals surface area (Å²) in [4.78, 5) is 19.2. The zero-order valence-electron chi connectivity index (χ0n) is 23.6. The summed E-state index contributed by atoms with van der Waals surface area (Å²) in [6.45, 7) is 2.32. The summed E-state index contributed by atoms with van der Waals surface area (Å²) in [7, 11) is 0.973. The highest BCUT2D eigenvalue weighted by molar-refractivity contribution is 7.53. The molecular weight excluding hydrogens is 457 g/mol. The van der Waals surface area contributed by atoms with E-state index < -0.39 is 12.9 Å². The van der Waals surface area contributed by atoms with Crippen LogP contribution in [0.2, 0.25) is 0 Å². The highest BCUT2D eigenvalue weighted by Crippen LogP contribution is 2.52. The fraction of sp³-hybridized carbons (Fsp3) is 0.862. The van der Waals surface area contributed by atoms with Crippen LogP contribution in [-0.2, 0) is 4.57 Å². The minimum atomic E-state index is -4.55. The molecule has 0 saturated heterocycles. The normalized spacial score (nSPS) is 14.8. The number of hydrogen-bond acceptors (Lipinski definition) is 2. The quantitative estimate of drug-likeness (QED) is 0.0524. The first-order valence-corrected chi connectivity index (χ1v) is 16.0. The maximum atomic E-state index is 11.8. The zero-order chi connectivity index (χ0) is 26.5. The molecule has 35 heavy (non-hydrogen) atoms. The average molecular weight is 517 g/mol. The second-order valence-electron chi connectivity index (χ2n) is 11.4. The maximum absolute atomic E-state index is 11.8. The van der Waals surface area contributed by atoms with E-state index in [1.54, 1.807) is 0 Å². The van der Waals surface area contributed by atoms with E-state index in [0.29, 0.717) is 10.9 Å². The highest BCUT2D eigenvalue weighted by atomic mass is 31.2. The Morgan fingerprint density at radius 1 is 0.629 bits per heavy atom. The van der Waals surface area contributed by atoms with E-state index >= 15 is 0 Å². The van der Waals surface area contributed by atoms with Crippen molar-refractivity contribution in [1.29, 1.82) is 0 Å². The van der Waals surface area contributed by atoms with Gasteiger partial charge in [0.2, 0.25) is 5.34 Å². The molecule has 0 radical (unpaired) electrons. The Morgan fingerprint density at radius 3 is 1.40 bits per heavy atom. The molecule has 0 bridgehead atoms. The van der Waals surface area contributed by atoms with Crippen LogP contribution in [0.3, 0.4) is 0 Å². The van der Waals surface area contributed by atoms with Crippen molar-refractivity contribution in [3.63, 3.8) is 0 Å². The Hall–Kier alpha value is -0.450. The van der Waals surface area contributed by atoms with Crippen molar-refractivity contribution < 1.29 is 23.9 Å².